The van der Waals surface area contributed by atoms with Crippen LogP contribution in [0.25, 0.3) is 0 Å². The van der Waals surface area contributed by atoms with E-state index in [0.717, 1.165) is 35.7 Å². The maximum absolute atomic E-state index is 12.9. The SMILES string of the molecule is CCC(=O)NCc1csc([C@@H]2CCCN(C(=O)c3ccc(C(C)C)cc3)C2)n1. The Balaban J connectivity index is 1.63. The average molecular weight is 400 g/mol. The second kappa shape index (κ2) is 9.32. The van der Waals surface area contributed by atoms with Crippen molar-refractivity contribution < 1.29 is 9.59 Å². The first-order valence-corrected chi connectivity index (χ1v) is 11.0. The number of likely N-dealkylation sites (tertiary alicyclic amines) is 1. The van der Waals surface area contributed by atoms with Crippen LogP contribution in [0.15, 0.2) is 29.6 Å². The van der Waals surface area contributed by atoms with E-state index in [4.69, 9.17) is 4.98 Å². The van der Waals surface area contributed by atoms with Crippen molar-refractivity contribution in [2.45, 2.75) is 58.4 Å². The number of nitrogens with zero attached hydrogens (tertiary/aromatic N) is 2. The van der Waals surface area contributed by atoms with Gasteiger partial charge in [-0.25, -0.2) is 4.98 Å². The first-order chi connectivity index (χ1) is 13.5. The molecule has 1 aromatic carbocycles. The number of hydrogen-bond donors (Lipinski definition) is 1. The van der Waals surface area contributed by atoms with Crippen LogP contribution in [0.2, 0.25) is 0 Å². The van der Waals surface area contributed by atoms with Crippen molar-refractivity contribution in [1.82, 2.24) is 15.2 Å². The van der Waals surface area contributed by atoms with Crippen LogP contribution < -0.4 is 5.32 Å². The van der Waals surface area contributed by atoms with Crippen LogP contribution >= 0.6 is 11.3 Å². The van der Waals surface area contributed by atoms with Gasteiger partial charge in [0.15, 0.2) is 0 Å². The summed E-state index contributed by atoms with van der Waals surface area (Å²) in [6.07, 6.45) is 2.52. The van der Waals surface area contributed by atoms with Crippen LogP contribution in [0.4, 0.5) is 0 Å². The Morgan fingerprint density at radius 3 is 2.71 bits per heavy atom. The van der Waals surface area contributed by atoms with E-state index in [9.17, 15) is 9.59 Å². The molecule has 1 aliphatic rings. The van der Waals surface area contributed by atoms with E-state index >= 15 is 0 Å². The van der Waals surface area contributed by atoms with Gasteiger partial charge in [-0.2, -0.15) is 0 Å². The highest BCUT2D eigenvalue weighted by molar-refractivity contribution is 7.09. The predicted molar refractivity (Wildman–Crippen MR) is 113 cm³/mol. The summed E-state index contributed by atoms with van der Waals surface area (Å²) in [6.45, 7) is 8.13. The third kappa shape index (κ3) is 4.98. The van der Waals surface area contributed by atoms with Crippen LogP contribution in [0.5, 0.6) is 0 Å². The quantitative estimate of drug-likeness (QED) is 0.787. The summed E-state index contributed by atoms with van der Waals surface area (Å²) in [5.74, 6) is 0.873. The Bertz CT molecular complexity index is 813. The van der Waals surface area contributed by atoms with Crippen molar-refractivity contribution in [3.8, 4) is 0 Å². The topological polar surface area (TPSA) is 62.3 Å². The minimum Gasteiger partial charge on any atom is -0.350 e. The number of thiazole rings is 1. The van der Waals surface area contributed by atoms with Gasteiger partial charge in [-0.3, -0.25) is 9.59 Å². The smallest absolute Gasteiger partial charge is 0.253 e. The van der Waals surface area contributed by atoms with Crippen LogP contribution in [-0.2, 0) is 11.3 Å². The van der Waals surface area contributed by atoms with E-state index in [2.05, 4.69) is 31.3 Å². The molecule has 2 amide bonds. The van der Waals surface area contributed by atoms with Crippen LogP contribution in [-0.4, -0.2) is 34.8 Å². The van der Waals surface area contributed by atoms with E-state index in [1.54, 1.807) is 11.3 Å². The highest BCUT2D eigenvalue weighted by Crippen LogP contribution is 2.30. The largest absolute Gasteiger partial charge is 0.350 e. The Kier molecular flexibility index (Phi) is 6.83. The lowest BCUT2D eigenvalue weighted by molar-refractivity contribution is -0.120. The number of amides is 2. The predicted octanol–water partition coefficient (Wildman–Crippen LogP) is 4.31. The molecule has 3 rings (SSSR count). The molecule has 1 aliphatic heterocycles. The Morgan fingerprint density at radius 1 is 1.29 bits per heavy atom. The molecule has 1 saturated heterocycles. The number of piperidine rings is 1. The fourth-order valence-electron chi connectivity index (χ4n) is 3.46. The van der Waals surface area contributed by atoms with Gasteiger partial charge in [0.1, 0.15) is 0 Å². The zero-order valence-electron chi connectivity index (χ0n) is 16.9. The standard InChI is InChI=1S/C22H29N3O2S/c1-4-20(26)23-12-19-14-28-21(24-19)18-6-5-11-25(13-18)22(27)17-9-7-16(8-10-17)15(2)3/h7-10,14-15,18H,4-6,11-13H2,1-3H3,(H,23,26)/t18-/m1/s1. The summed E-state index contributed by atoms with van der Waals surface area (Å²) in [7, 11) is 0. The van der Waals surface area contributed by atoms with Crippen molar-refractivity contribution >= 4 is 23.2 Å². The minimum atomic E-state index is 0.0347. The molecule has 6 heteroatoms. The zero-order chi connectivity index (χ0) is 20.1. The first kappa shape index (κ1) is 20.5. The second-order valence-corrected chi connectivity index (χ2v) is 8.56. The number of nitrogens with one attached hydrogen (secondary N) is 1. The fourth-order valence-corrected chi connectivity index (χ4v) is 4.41. The zero-order valence-corrected chi connectivity index (χ0v) is 17.7. The lowest BCUT2D eigenvalue weighted by Crippen LogP contribution is -2.39. The van der Waals surface area contributed by atoms with Crippen LogP contribution in [0.1, 0.15) is 78.5 Å². The summed E-state index contributed by atoms with van der Waals surface area (Å²) < 4.78 is 0. The fraction of sp³-hybridized carbons (Fsp3) is 0.500. The number of carbonyl (C=O) groups is 2. The number of hydrogen-bond acceptors (Lipinski definition) is 4. The summed E-state index contributed by atoms with van der Waals surface area (Å²) >= 11 is 1.63. The second-order valence-electron chi connectivity index (χ2n) is 7.67. The van der Waals surface area contributed by atoms with Gasteiger partial charge in [0.05, 0.1) is 17.2 Å². The Labute approximate surface area is 171 Å². The molecule has 2 heterocycles. The number of benzene rings is 1. The Hall–Kier alpha value is -2.21. The van der Waals surface area contributed by atoms with E-state index in [1.807, 2.05) is 29.3 Å². The van der Waals surface area contributed by atoms with Gasteiger partial charge in [0.2, 0.25) is 5.91 Å². The van der Waals surface area contributed by atoms with Gasteiger partial charge < -0.3 is 10.2 Å². The minimum absolute atomic E-state index is 0.0347. The lowest BCUT2D eigenvalue weighted by atomic mass is 9.97. The molecule has 0 unspecified atom stereocenters. The molecule has 1 atom stereocenters. The molecule has 1 N–H and O–H groups in total. The summed E-state index contributed by atoms with van der Waals surface area (Å²) in [5.41, 5.74) is 2.90. The molecule has 2 aromatic rings. The van der Waals surface area contributed by atoms with Crippen molar-refractivity contribution in [3.63, 3.8) is 0 Å². The maximum Gasteiger partial charge on any atom is 0.253 e. The highest BCUT2D eigenvalue weighted by atomic mass is 32.1. The maximum atomic E-state index is 12.9. The normalized spacial score (nSPS) is 17.0. The molecule has 1 fully saturated rings. The van der Waals surface area contributed by atoms with E-state index in [0.29, 0.717) is 25.4 Å². The molecule has 0 radical (unpaired) electrons. The van der Waals surface area contributed by atoms with Gasteiger partial charge in [0, 0.05) is 36.4 Å². The highest BCUT2D eigenvalue weighted by Gasteiger charge is 2.27. The van der Waals surface area contributed by atoms with Crippen molar-refractivity contribution in [2.24, 2.45) is 0 Å². The molecule has 150 valence electrons. The van der Waals surface area contributed by atoms with Gasteiger partial charge in [-0.1, -0.05) is 32.9 Å². The van der Waals surface area contributed by atoms with Crippen molar-refractivity contribution in [1.29, 1.82) is 0 Å². The summed E-state index contributed by atoms with van der Waals surface area (Å²) in [4.78, 5) is 31.0. The van der Waals surface area contributed by atoms with E-state index in [1.165, 1.54) is 5.56 Å². The number of carbonyl (C=O) groups excluding carboxylic acids is 2. The molecule has 0 spiro atoms. The average Bonchev–Trinajstić information content (AvgIpc) is 3.20. The molecule has 28 heavy (non-hydrogen) atoms. The molecular weight excluding hydrogens is 370 g/mol. The molecule has 5 nitrogen and oxygen atoms in total. The molecule has 0 saturated carbocycles. The van der Waals surface area contributed by atoms with E-state index < -0.39 is 0 Å². The van der Waals surface area contributed by atoms with Crippen LogP contribution in [0, 0.1) is 0 Å². The molecule has 0 aliphatic carbocycles. The van der Waals surface area contributed by atoms with Crippen molar-refractivity contribution in [2.75, 3.05) is 13.1 Å². The van der Waals surface area contributed by atoms with Crippen LogP contribution in [0.3, 0.4) is 0 Å². The Morgan fingerprint density at radius 2 is 2.04 bits per heavy atom. The summed E-state index contributed by atoms with van der Waals surface area (Å²) in [6, 6.07) is 7.99. The van der Waals surface area contributed by atoms with E-state index in [-0.39, 0.29) is 17.7 Å². The number of rotatable bonds is 6. The lowest BCUT2D eigenvalue weighted by Gasteiger charge is -2.32. The molecular formula is C22H29N3O2S. The van der Waals surface area contributed by atoms with Gasteiger partial charge >= 0.3 is 0 Å². The monoisotopic (exact) mass is 399 g/mol. The summed E-state index contributed by atoms with van der Waals surface area (Å²) in [5, 5.41) is 5.94. The van der Waals surface area contributed by atoms with Gasteiger partial charge in [-0.15, -0.1) is 11.3 Å². The third-order valence-electron chi connectivity index (χ3n) is 5.24. The first-order valence-electron chi connectivity index (χ1n) is 10.1. The van der Waals surface area contributed by atoms with Gasteiger partial charge in [0.25, 0.3) is 5.91 Å². The van der Waals surface area contributed by atoms with Gasteiger partial charge in [-0.05, 0) is 36.5 Å². The third-order valence-corrected chi connectivity index (χ3v) is 6.30. The van der Waals surface area contributed by atoms with Crippen molar-refractivity contribution in [3.05, 3.63) is 51.5 Å². The number of aromatic nitrogens is 1. The molecule has 0 bridgehead atoms. The molecule has 1 aromatic heterocycles.